The van der Waals surface area contributed by atoms with Crippen molar-refractivity contribution in [1.82, 2.24) is 10.2 Å². The van der Waals surface area contributed by atoms with Crippen LogP contribution >= 0.6 is 11.6 Å². The highest BCUT2D eigenvalue weighted by Gasteiger charge is 2.17. The molecule has 0 saturated carbocycles. The van der Waals surface area contributed by atoms with Crippen molar-refractivity contribution >= 4 is 17.6 Å². The first-order chi connectivity index (χ1) is 6.56. The zero-order valence-electron chi connectivity index (χ0n) is 8.44. The van der Waals surface area contributed by atoms with E-state index in [1.54, 1.807) is 18.9 Å². The predicted octanol–water partition coefficient (Wildman–Crippen LogP) is 1.19. The van der Waals surface area contributed by atoms with Crippen LogP contribution in [-0.2, 0) is 0 Å². The van der Waals surface area contributed by atoms with Gasteiger partial charge in [-0.2, -0.15) is 0 Å². The number of aliphatic hydroxyl groups excluding tert-OH is 1. The number of halogens is 1. The number of aliphatic hydroxyl groups is 1. The summed E-state index contributed by atoms with van der Waals surface area (Å²) in [6.45, 7) is 3.65. The summed E-state index contributed by atoms with van der Waals surface area (Å²) in [5.74, 6) is 0.388. The van der Waals surface area contributed by atoms with Crippen LogP contribution in [0, 0.1) is 0 Å². The molecule has 1 aromatic heterocycles. The molecular formula is C8H14ClN3O2. The smallest absolute Gasteiger partial charge is 0.318 e. The first-order valence-corrected chi connectivity index (χ1v) is 4.81. The van der Waals surface area contributed by atoms with Crippen LogP contribution in [0.2, 0.25) is 0 Å². The minimum atomic E-state index is -0.297. The van der Waals surface area contributed by atoms with Crippen molar-refractivity contribution in [2.75, 3.05) is 18.6 Å². The molecule has 0 aliphatic carbocycles. The van der Waals surface area contributed by atoms with Gasteiger partial charge in [0.2, 0.25) is 5.89 Å². The number of likely N-dealkylation sites (N-methyl/N-ethyl adjacent to an activating group) is 1. The molecule has 0 amide bonds. The summed E-state index contributed by atoms with van der Waals surface area (Å²) < 4.78 is 5.29. The van der Waals surface area contributed by atoms with Gasteiger partial charge in [0.1, 0.15) is 5.38 Å². The van der Waals surface area contributed by atoms with Crippen LogP contribution in [0.3, 0.4) is 0 Å². The largest absolute Gasteiger partial charge is 0.406 e. The molecule has 0 aliphatic heterocycles. The van der Waals surface area contributed by atoms with Crippen molar-refractivity contribution in [3.8, 4) is 0 Å². The highest BCUT2D eigenvalue weighted by molar-refractivity contribution is 6.20. The van der Waals surface area contributed by atoms with Crippen LogP contribution in [0.5, 0.6) is 0 Å². The molecule has 1 N–H and O–H groups in total. The van der Waals surface area contributed by atoms with Crippen LogP contribution in [0.1, 0.15) is 25.1 Å². The molecule has 0 aliphatic rings. The van der Waals surface area contributed by atoms with Gasteiger partial charge >= 0.3 is 6.01 Å². The van der Waals surface area contributed by atoms with Crippen LogP contribution in [0.4, 0.5) is 6.01 Å². The van der Waals surface area contributed by atoms with E-state index in [9.17, 15) is 0 Å². The summed E-state index contributed by atoms with van der Waals surface area (Å²) in [6.07, 6.45) is 0. The normalized spacial score (nSPS) is 15.2. The second-order valence-corrected chi connectivity index (χ2v) is 3.84. The molecule has 80 valence electrons. The third-order valence-corrected chi connectivity index (χ3v) is 2.18. The number of hydrogen-bond acceptors (Lipinski definition) is 5. The Morgan fingerprint density at radius 1 is 1.50 bits per heavy atom. The lowest BCUT2D eigenvalue weighted by molar-refractivity contribution is 0.266. The Morgan fingerprint density at radius 3 is 2.57 bits per heavy atom. The van der Waals surface area contributed by atoms with Crippen molar-refractivity contribution in [3.63, 3.8) is 0 Å². The molecule has 0 radical (unpaired) electrons. The van der Waals surface area contributed by atoms with Crippen molar-refractivity contribution in [3.05, 3.63) is 5.89 Å². The molecule has 0 fully saturated rings. The van der Waals surface area contributed by atoms with Crippen molar-refractivity contribution < 1.29 is 9.52 Å². The van der Waals surface area contributed by atoms with Crippen LogP contribution in [-0.4, -0.2) is 35.0 Å². The van der Waals surface area contributed by atoms with Crippen LogP contribution in [0.25, 0.3) is 0 Å². The van der Waals surface area contributed by atoms with E-state index in [-0.39, 0.29) is 18.0 Å². The third-order valence-electron chi connectivity index (χ3n) is 2.00. The first kappa shape index (κ1) is 11.3. The molecule has 0 spiro atoms. The van der Waals surface area contributed by atoms with Crippen LogP contribution in [0.15, 0.2) is 4.42 Å². The van der Waals surface area contributed by atoms with E-state index in [0.29, 0.717) is 11.9 Å². The number of aromatic nitrogens is 2. The number of hydrogen-bond donors (Lipinski definition) is 1. The molecular weight excluding hydrogens is 206 g/mol. The highest BCUT2D eigenvalue weighted by Crippen LogP contribution is 2.21. The Labute approximate surface area is 87.7 Å². The van der Waals surface area contributed by atoms with E-state index in [0.717, 1.165) is 0 Å². The predicted molar refractivity (Wildman–Crippen MR) is 53.5 cm³/mol. The molecule has 2 unspecified atom stereocenters. The zero-order chi connectivity index (χ0) is 10.7. The fourth-order valence-corrected chi connectivity index (χ4v) is 0.929. The second-order valence-electron chi connectivity index (χ2n) is 3.18. The Morgan fingerprint density at radius 2 is 2.14 bits per heavy atom. The molecule has 2 atom stereocenters. The lowest BCUT2D eigenvalue weighted by Crippen LogP contribution is -2.31. The lowest BCUT2D eigenvalue weighted by atomic mass is 10.3. The summed E-state index contributed by atoms with van der Waals surface area (Å²) >= 11 is 5.77. The van der Waals surface area contributed by atoms with E-state index in [2.05, 4.69) is 10.2 Å². The minimum Gasteiger partial charge on any atom is -0.406 e. The van der Waals surface area contributed by atoms with Gasteiger partial charge in [-0.25, -0.2) is 0 Å². The molecule has 1 aromatic rings. The minimum absolute atomic E-state index is 0.0324. The standard InChI is InChI=1S/C8H14ClN3O2/c1-5(4-13)12(3)8-11-10-7(14-8)6(2)9/h5-6,13H,4H2,1-3H3. The maximum atomic E-state index is 8.92. The summed E-state index contributed by atoms with van der Waals surface area (Å²) in [4.78, 5) is 1.70. The first-order valence-electron chi connectivity index (χ1n) is 4.37. The molecule has 6 heteroatoms. The lowest BCUT2D eigenvalue weighted by Gasteiger charge is -2.19. The maximum Gasteiger partial charge on any atom is 0.318 e. The van der Waals surface area contributed by atoms with Crippen molar-refractivity contribution in [1.29, 1.82) is 0 Å². The van der Waals surface area contributed by atoms with Gasteiger partial charge in [-0.15, -0.1) is 16.7 Å². The van der Waals surface area contributed by atoms with Crippen molar-refractivity contribution in [2.45, 2.75) is 25.3 Å². The van der Waals surface area contributed by atoms with E-state index in [4.69, 9.17) is 21.1 Å². The van der Waals surface area contributed by atoms with Gasteiger partial charge in [0, 0.05) is 7.05 Å². The van der Waals surface area contributed by atoms with Crippen molar-refractivity contribution in [2.24, 2.45) is 0 Å². The number of nitrogens with zero attached hydrogens (tertiary/aromatic N) is 3. The SMILES string of the molecule is CC(Cl)c1nnc(N(C)C(C)CO)o1. The Hall–Kier alpha value is -0.810. The van der Waals surface area contributed by atoms with Gasteiger partial charge in [0.15, 0.2) is 0 Å². The van der Waals surface area contributed by atoms with Crippen LogP contribution < -0.4 is 4.90 Å². The van der Waals surface area contributed by atoms with Gasteiger partial charge in [-0.1, -0.05) is 5.10 Å². The van der Waals surface area contributed by atoms with E-state index in [1.165, 1.54) is 0 Å². The van der Waals surface area contributed by atoms with E-state index >= 15 is 0 Å². The van der Waals surface area contributed by atoms with Gasteiger partial charge in [0.05, 0.1) is 12.6 Å². The molecule has 1 heterocycles. The molecule has 5 nitrogen and oxygen atoms in total. The Balaban J connectivity index is 2.76. The fourth-order valence-electron chi connectivity index (χ4n) is 0.841. The highest BCUT2D eigenvalue weighted by atomic mass is 35.5. The second kappa shape index (κ2) is 4.61. The average Bonchev–Trinajstić information content (AvgIpc) is 2.64. The Kier molecular flexibility index (Phi) is 3.71. The average molecular weight is 220 g/mol. The number of rotatable bonds is 4. The summed E-state index contributed by atoms with van der Waals surface area (Å²) in [7, 11) is 1.77. The quantitative estimate of drug-likeness (QED) is 0.771. The summed E-state index contributed by atoms with van der Waals surface area (Å²) in [5.41, 5.74) is 0. The molecule has 1 rings (SSSR count). The summed E-state index contributed by atoms with van der Waals surface area (Å²) in [6, 6.07) is 0.308. The zero-order valence-corrected chi connectivity index (χ0v) is 9.19. The molecule has 0 bridgehead atoms. The van der Waals surface area contributed by atoms with Gasteiger partial charge in [-0.05, 0) is 13.8 Å². The van der Waals surface area contributed by atoms with E-state index in [1.807, 2.05) is 6.92 Å². The summed E-state index contributed by atoms with van der Waals surface area (Å²) in [5, 5.41) is 16.2. The third kappa shape index (κ3) is 2.36. The number of alkyl halides is 1. The van der Waals surface area contributed by atoms with Gasteiger partial charge in [0.25, 0.3) is 0 Å². The fraction of sp³-hybridized carbons (Fsp3) is 0.750. The molecule has 0 saturated heterocycles. The maximum absolute atomic E-state index is 8.92. The molecule has 0 aromatic carbocycles. The van der Waals surface area contributed by atoms with E-state index < -0.39 is 0 Å². The molecule has 14 heavy (non-hydrogen) atoms. The topological polar surface area (TPSA) is 62.4 Å². The number of anilines is 1. The monoisotopic (exact) mass is 219 g/mol. The van der Waals surface area contributed by atoms with Gasteiger partial charge in [-0.3, -0.25) is 0 Å². The Bertz CT molecular complexity index is 290. The van der Waals surface area contributed by atoms with Gasteiger partial charge < -0.3 is 14.4 Å².